The number of aryl methyl sites for hydroxylation is 3. The molecule has 0 saturated carbocycles. The Hall–Kier alpha value is -3.62. The van der Waals surface area contributed by atoms with E-state index in [1.807, 2.05) is 17.2 Å². The van der Waals surface area contributed by atoms with Gasteiger partial charge in [0.2, 0.25) is 0 Å². The Labute approximate surface area is 275 Å². The minimum atomic E-state index is -0.308. The van der Waals surface area contributed by atoms with Crippen LogP contribution in [0, 0.1) is 20.8 Å². The standard InChI is InChI=1S/C33H39N5O6S2/c1-20-15-28(21(2)14-23(20)16-34-17-27(40)24-4-5-26(39)29-30(24)46-32(42)36-29)43-12-10-37-8-6-33(7-9-37)19-38(11-13-44-33)31(41)25-18-45-22(3)35-25/h4-5,14-15,18,34,39H,6-13,16-17,19H2,1-3H3,(H,36,42)/p+1. The predicted octanol–water partition coefficient (Wildman–Crippen LogP) is 3.90. The molecule has 0 radical (unpaired) electrons. The molecular formula is C33H40N5O6S2+. The lowest BCUT2D eigenvalue weighted by molar-refractivity contribution is -0.129. The number of aromatic hydroxyl groups is 2. The lowest BCUT2D eigenvalue weighted by Gasteiger charge is -2.47. The molecule has 4 N–H and O–H groups in total. The number of morpholine rings is 1. The van der Waals surface area contributed by atoms with Crippen LogP contribution < -0.4 is 10.2 Å². The van der Waals surface area contributed by atoms with Crippen molar-refractivity contribution in [2.45, 2.75) is 45.8 Å². The van der Waals surface area contributed by atoms with Crippen LogP contribution in [0.3, 0.4) is 0 Å². The number of phenolic OH excluding ortho intramolecular Hbond substituents is 1. The van der Waals surface area contributed by atoms with Crippen LogP contribution in [0.2, 0.25) is 0 Å². The van der Waals surface area contributed by atoms with Crippen molar-refractivity contribution in [3.63, 3.8) is 0 Å². The molecule has 1 amide bonds. The number of H-pyrrole nitrogens is 1. The molecule has 0 aliphatic carbocycles. The van der Waals surface area contributed by atoms with E-state index in [-0.39, 0.29) is 34.5 Å². The summed E-state index contributed by atoms with van der Waals surface area (Å²) in [6.07, 6.45) is 1.77. The first-order valence-electron chi connectivity index (χ1n) is 15.5. The number of ketones is 1. The van der Waals surface area contributed by atoms with E-state index >= 15 is 0 Å². The number of Topliss-reactive ketones (excluding diaryl/α,β-unsaturated/α-hetero) is 1. The molecule has 0 unspecified atom stereocenters. The number of carbonyl (C=O) groups is 2. The number of hydrogen-bond acceptors (Lipinski definition) is 10. The van der Waals surface area contributed by atoms with Gasteiger partial charge in [0, 0.05) is 48.8 Å². The van der Waals surface area contributed by atoms with E-state index in [1.165, 1.54) is 17.4 Å². The van der Waals surface area contributed by atoms with E-state index in [4.69, 9.17) is 9.47 Å². The molecule has 2 aromatic heterocycles. The Kier molecular flexibility index (Phi) is 9.57. The molecule has 6 rings (SSSR count). The highest BCUT2D eigenvalue weighted by atomic mass is 32.1. The minimum absolute atomic E-state index is 0.00171. The number of piperidine rings is 1. The zero-order chi connectivity index (χ0) is 32.4. The van der Waals surface area contributed by atoms with Crippen LogP contribution >= 0.6 is 22.7 Å². The summed E-state index contributed by atoms with van der Waals surface area (Å²) in [5, 5.41) is 16.0. The van der Waals surface area contributed by atoms with E-state index < -0.39 is 0 Å². The number of amides is 1. The molecule has 4 aromatic rings. The Bertz CT molecular complexity index is 1810. The maximum atomic E-state index is 13.0. The van der Waals surface area contributed by atoms with Crippen molar-refractivity contribution < 1.29 is 24.2 Å². The summed E-state index contributed by atoms with van der Waals surface area (Å²) in [4.78, 5) is 48.7. The van der Waals surface area contributed by atoms with Gasteiger partial charge in [-0.2, -0.15) is 0 Å². The highest BCUT2D eigenvalue weighted by Gasteiger charge is 2.41. The van der Waals surface area contributed by atoms with Gasteiger partial charge in [0.05, 0.1) is 41.5 Å². The first kappa shape index (κ1) is 32.3. The number of hydrogen-bond donors (Lipinski definition) is 3. The third kappa shape index (κ3) is 7.03. The monoisotopic (exact) mass is 666 g/mol. The highest BCUT2D eigenvalue weighted by Crippen LogP contribution is 2.32. The van der Waals surface area contributed by atoms with Gasteiger partial charge in [0.25, 0.3) is 11.7 Å². The van der Waals surface area contributed by atoms with Crippen LogP contribution in [0.4, 0.5) is 0 Å². The molecule has 1 spiro atoms. The second kappa shape index (κ2) is 13.6. The molecule has 2 aromatic carbocycles. The number of rotatable bonds is 10. The first-order chi connectivity index (χ1) is 22.1. The fourth-order valence-electron chi connectivity index (χ4n) is 6.31. The second-order valence-electron chi connectivity index (χ2n) is 12.2. The van der Waals surface area contributed by atoms with Crippen LogP contribution in [0.5, 0.6) is 11.5 Å². The number of carbonyl (C=O) groups excluding carboxylic acids is 2. The summed E-state index contributed by atoms with van der Waals surface area (Å²) in [6, 6.07) is 7.22. The van der Waals surface area contributed by atoms with Gasteiger partial charge in [0.15, 0.2) is 12.4 Å². The molecule has 0 atom stereocenters. The number of phenols is 1. The van der Waals surface area contributed by atoms with Gasteiger partial charge in [-0.1, -0.05) is 11.3 Å². The van der Waals surface area contributed by atoms with Crippen molar-refractivity contribution in [1.29, 1.82) is 0 Å². The summed E-state index contributed by atoms with van der Waals surface area (Å²) < 4.78 is 11.7. The zero-order valence-electron chi connectivity index (χ0n) is 26.4. The molecule has 4 heterocycles. The summed E-state index contributed by atoms with van der Waals surface area (Å²) >= 11 is 2.43. The molecule has 2 aliphatic rings. The van der Waals surface area contributed by atoms with Gasteiger partial charge in [0.1, 0.15) is 17.0 Å². The van der Waals surface area contributed by atoms with E-state index in [0.717, 1.165) is 71.3 Å². The first-order valence-corrected chi connectivity index (χ1v) is 17.2. The number of nitrogens with one attached hydrogen (secondary N) is 2. The number of ether oxygens (including phenoxy) is 2. The Balaban J connectivity index is 0.959. The van der Waals surface area contributed by atoms with Gasteiger partial charge >= 0.3 is 4.87 Å². The molecule has 11 nitrogen and oxygen atoms in total. The number of thiazole rings is 2. The third-order valence-electron chi connectivity index (χ3n) is 8.95. The highest BCUT2D eigenvalue weighted by molar-refractivity contribution is 7.16. The SMILES string of the molecule is Cc1nc(C(=O)N2CCOC3(CCN(CC[OH+]c4cc(C)c(CNCC(=O)c5ccc(O)c6[nH]c(=O)sc56)cc4C)CC3)C2)cs1. The van der Waals surface area contributed by atoms with Crippen LogP contribution in [0.25, 0.3) is 10.2 Å². The van der Waals surface area contributed by atoms with E-state index in [2.05, 4.69) is 46.2 Å². The number of benzene rings is 2. The quantitative estimate of drug-likeness (QED) is 0.171. The topological polar surface area (TPSA) is 141 Å². The van der Waals surface area contributed by atoms with Crippen LogP contribution in [-0.4, -0.2) is 99.4 Å². The molecule has 13 heteroatoms. The maximum Gasteiger partial charge on any atom is 0.305 e. The van der Waals surface area contributed by atoms with Crippen LogP contribution in [0.15, 0.2) is 34.4 Å². The Morgan fingerprint density at radius 3 is 2.72 bits per heavy atom. The van der Waals surface area contributed by atoms with Gasteiger partial charge in [-0.05, 0) is 62.9 Å². The number of aromatic nitrogens is 2. The summed E-state index contributed by atoms with van der Waals surface area (Å²) in [7, 11) is 0. The number of fused-ring (bicyclic) bond motifs is 1. The zero-order valence-corrected chi connectivity index (χ0v) is 28.0. The van der Waals surface area contributed by atoms with Gasteiger partial charge in [-0.25, -0.2) is 4.98 Å². The normalized spacial score (nSPS) is 16.7. The largest absolute Gasteiger partial charge is 0.582 e. The Morgan fingerprint density at radius 2 is 1.96 bits per heavy atom. The molecular weight excluding hydrogens is 627 g/mol. The van der Waals surface area contributed by atoms with Crippen LogP contribution in [0.1, 0.15) is 55.4 Å². The van der Waals surface area contributed by atoms with E-state index in [0.29, 0.717) is 54.3 Å². The molecule has 2 fully saturated rings. The lowest BCUT2D eigenvalue weighted by atomic mass is 9.89. The van der Waals surface area contributed by atoms with Crippen molar-refractivity contribution in [1.82, 2.24) is 25.1 Å². The van der Waals surface area contributed by atoms with Gasteiger partial charge in [-0.3, -0.25) is 19.3 Å². The van der Waals surface area contributed by atoms with Crippen molar-refractivity contribution in [3.05, 3.63) is 72.3 Å². The summed E-state index contributed by atoms with van der Waals surface area (Å²) in [6.45, 7) is 11.8. The van der Waals surface area contributed by atoms with Crippen molar-refractivity contribution in [2.24, 2.45) is 0 Å². The molecule has 2 aliphatic heterocycles. The number of aromatic amines is 1. The van der Waals surface area contributed by atoms with E-state index in [9.17, 15) is 19.5 Å². The van der Waals surface area contributed by atoms with Gasteiger partial charge < -0.3 is 29.8 Å². The van der Waals surface area contributed by atoms with Gasteiger partial charge in [-0.15, -0.1) is 11.3 Å². The molecule has 0 bridgehead atoms. The lowest BCUT2D eigenvalue weighted by Crippen LogP contribution is -2.58. The fraction of sp³-hybridized carbons (Fsp3) is 0.455. The minimum Gasteiger partial charge on any atom is -0.582 e. The molecule has 46 heavy (non-hydrogen) atoms. The average molecular weight is 667 g/mol. The summed E-state index contributed by atoms with van der Waals surface area (Å²) in [5.74, 6) is 0.789. The van der Waals surface area contributed by atoms with Crippen molar-refractivity contribution >= 4 is 44.6 Å². The predicted molar refractivity (Wildman–Crippen MR) is 180 cm³/mol. The average Bonchev–Trinajstić information content (AvgIpc) is 3.66. The maximum absolute atomic E-state index is 13.0. The smallest absolute Gasteiger partial charge is 0.305 e. The molecule has 244 valence electrons. The summed E-state index contributed by atoms with van der Waals surface area (Å²) in [5.41, 5.74) is 4.25. The third-order valence-corrected chi connectivity index (χ3v) is 10.6. The van der Waals surface area contributed by atoms with E-state index in [1.54, 1.807) is 6.07 Å². The number of nitrogens with zero attached hydrogens (tertiary/aromatic N) is 3. The molecule has 2 saturated heterocycles. The number of aliphatic hydroxyl groups is 1. The van der Waals surface area contributed by atoms with Crippen LogP contribution in [-0.2, 0) is 11.3 Å². The Morgan fingerprint density at radius 1 is 1.15 bits per heavy atom. The fourth-order valence-corrected chi connectivity index (χ4v) is 7.78. The second-order valence-corrected chi connectivity index (χ2v) is 14.2. The van der Waals surface area contributed by atoms with Crippen molar-refractivity contribution in [3.8, 4) is 11.5 Å². The number of likely N-dealkylation sites (tertiary alicyclic amines) is 1. The van der Waals surface area contributed by atoms with Crippen molar-refractivity contribution in [2.75, 3.05) is 52.5 Å².